The minimum atomic E-state index is -4.25. The molecule has 0 aliphatic heterocycles. The third-order valence-electron chi connectivity index (χ3n) is 5.75. The summed E-state index contributed by atoms with van der Waals surface area (Å²) < 4.78 is 39.8. The van der Waals surface area contributed by atoms with Crippen LogP contribution in [0.25, 0.3) is 0 Å². The molecule has 1 amide bonds. The number of carbonyl (C=O) groups excluding carboxylic acids is 1. The minimum Gasteiger partial charge on any atom is -0.495 e. The number of nitrogens with zero attached hydrogens (tertiary/aromatic N) is 1. The average molecular weight is 586 g/mol. The predicted octanol–water partition coefficient (Wildman–Crippen LogP) is 6.72. The van der Waals surface area contributed by atoms with Gasteiger partial charge in [0, 0.05) is 5.69 Å². The maximum Gasteiger partial charge on any atom is 0.268 e. The molecule has 202 valence electrons. The second-order valence-electron chi connectivity index (χ2n) is 8.61. The van der Waals surface area contributed by atoms with Gasteiger partial charge in [0.25, 0.3) is 10.0 Å². The Morgan fingerprint density at radius 3 is 2.28 bits per heavy atom. The zero-order valence-electron chi connectivity index (χ0n) is 21.2. The Bertz CT molecular complexity index is 1560. The summed E-state index contributed by atoms with van der Waals surface area (Å²) in [6, 6.07) is 25.7. The van der Waals surface area contributed by atoms with Crippen molar-refractivity contribution in [1.82, 2.24) is 0 Å². The lowest BCUT2D eigenvalue weighted by molar-refractivity contribution is -0.114. The summed E-state index contributed by atoms with van der Waals surface area (Å²) in [7, 11) is -2.87. The first kappa shape index (κ1) is 28.3. The maximum absolute atomic E-state index is 13.9. The van der Waals surface area contributed by atoms with Gasteiger partial charge in [-0.1, -0.05) is 59.6 Å². The largest absolute Gasteiger partial charge is 0.495 e. The van der Waals surface area contributed by atoms with Crippen LogP contribution in [0.15, 0.2) is 95.9 Å². The van der Waals surface area contributed by atoms with E-state index in [1.54, 1.807) is 43.3 Å². The summed E-state index contributed by atoms with van der Waals surface area (Å²) >= 11 is 12.3. The highest BCUT2D eigenvalue weighted by Crippen LogP contribution is 2.34. The van der Waals surface area contributed by atoms with Crippen LogP contribution in [0.4, 0.5) is 11.4 Å². The number of ether oxygens (including phenoxy) is 2. The van der Waals surface area contributed by atoms with Crippen LogP contribution in [0.5, 0.6) is 11.5 Å². The quantitative estimate of drug-likeness (QED) is 0.223. The lowest BCUT2D eigenvalue weighted by Crippen LogP contribution is -2.38. The Balaban J connectivity index is 1.55. The van der Waals surface area contributed by atoms with E-state index in [1.807, 2.05) is 30.3 Å². The van der Waals surface area contributed by atoms with E-state index in [1.165, 1.54) is 31.4 Å². The number of aryl methyl sites for hydroxylation is 1. The molecule has 0 fully saturated rings. The lowest BCUT2D eigenvalue weighted by atomic mass is 10.2. The van der Waals surface area contributed by atoms with Gasteiger partial charge in [0.05, 0.1) is 22.8 Å². The Kier molecular flexibility index (Phi) is 9.01. The Morgan fingerprint density at radius 2 is 1.62 bits per heavy atom. The SMILES string of the molecule is COc1ccc(C)cc1S(=O)(=O)N(CC(=O)Nc1ccc(OCc2ccccc2)cc1)c1ccc(Cl)c(Cl)c1. The molecule has 4 aromatic carbocycles. The Labute approximate surface area is 237 Å². The molecule has 4 rings (SSSR count). The first-order valence-electron chi connectivity index (χ1n) is 11.9. The molecule has 7 nitrogen and oxygen atoms in total. The van der Waals surface area contributed by atoms with Crippen molar-refractivity contribution < 1.29 is 22.7 Å². The van der Waals surface area contributed by atoms with Crippen LogP contribution >= 0.6 is 23.2 Å². The zero-order chi connectivity index (χ0) is 28.0. The van der Waals surface area contributed by atoms with Gasteiger partial charge < -0.3 is 14.8 Å². The van der Waals surface area contributed by atoms with Crippen LogP contribution in [-0.4, -0.2) is 28.0 Å². The van der Waals surface area contributed by atoms with Crippen LogP contribution in [-0.2, 0) is 21.4 Å². The summed E-state index contributed by atoms with van der Waals surface area (Å²) in [5.41, 5.74) is 2.39. The highest BCUT2D eigenvalue weighted by molar-refractivity contribution is 7.93. The highest BCUT2D eigenvalue weighted by atomic mass is 35.5. The number of methoxy groups -OCH3 is 1. The Morgan fingerprint density at radius 1 is 0.897 bits per heavy atom. The number of halogens is 2. The van der Waals surface area contributed by atoms with Gasteiger partial charge in [0.15, 0.2) is 0 Å². The van der Waals surface area contributed by atoms with E-state index >= 15 is 0 Å². The van der Waals surface area contributed by atoms with Crippen molar-refractivity contribution in [1.29, 1.82) is 0 Å². The second kappa shape index (κ2) is 12.4. The molecule has 0 unspecified atom stereocenters. The lowest BCUT2D eigenvalue weighted by Gasteiger charge is -2.25. The number of benzene rings is 4. The van der Waals surface area contributed by atoms with E-state index in [-0.39, 0.29) is 26.4 Å². The van der Waals surface area contributed by atoms with Crippen molar-refractivity contribution in [2.24, 2.45) is 0 Å². The number of anilines is 2. The molecule has 0 bridgehead atoms. The molecule has 0 saturated carbocycles. The monoisotopic (exact) mass is 584 g/mol. The molecule has 0 heterocycles. The summed E-state index contributed by atoms with van der Waals surface area (Å²) in [6.45, 7) is 1.65. The molecule has 0 spiro atoms. The van der Waals surface area contributed by atoms with Gasteiger partial charge in [0.1, 0.15) is 29.5 Å². The molecule has 0 atom stereocenters. The average Bonchev–Trinajstić information content (AvgIpc) is 2.93. The van der Waals surface area contributed by atoms with E-state index in [9.17, 15) is 13.2 Å². The maximum atomic E-state index is 13.9. The molecule has 0 saturated heterocycles. The van der Waals surface area contributed by atoms with E-state index in [4.69, 9.17) is 32.7 Å². The van der Waals surface area contributed by atoms with E-state index in [2.05, 4.69) is 5.32 Å². The first-order valence-corrected chi connectivity index (χ1v) is 14.1. The molecular weight excluding hydrogens is 559 g/mol. The van der Waals surface area contributed by atoms with Gasteiger partial charge in [-0.05, 0) is 72.6 Å². The second-order valence-corrected chi connectivity index (χ2v) is 11.3. The smallest absolute Gasteiger partial charge is 0.268 e. The summed E-state index contributed by atoms with van der Waals surface area (Å²) in [5.74, 6) is 0.217. The number of sulfonamides is 1. The molecule has 0 aromatic heterocycles. The predicted molar refractivity (Wildman–Crippen MR) is 155 cm³/mol. The minimum absolute atomic E-state index is 0.0798. The molecule has 0 aliphatic carbocycles. The van der Waals surface area contributed by atoms with Gasteiger partial charge in [0.2, 0.25) is 5.91 Å². The molecule has 10 heteroatoms. The normalized spacial score (nSPS) is 11.1. The van der Waals surface area contributed by atoms with Crippen LogP contribution in [0.2, 0.25) is 10.0 Å². The van der Waals surface area contributed by atoms with E-state index < -0.39 is 22.5 Å². The zero-order valence-corrected chi connectivity index (χ0v) is 23.6. The fourth-order valence-corrected chi connectivity index (χ4v) is 5.71. The highest BCUT2D eigenvalue weighted by Gasteiger charge is 2.30. The summed E-state index contributed by atoms with van der Waals surface area (Å²) in [6.07, 6.45) is 0. The van der Waals surface area contributed by atoms with Gasteiger partial charge in [-0.25, -0.2) is 8.42 Å². The van der Waals surface area contributed by atoms with Crippen molar-refractivity contribution in [3.05, 3.63) is 112 Å². The molecule has 4 aromatic rings. The van der Waals surface area contributed by atoms with Crippen molar-refractivity contribution in [3.8, 4) is 11.5 Å². The van der Waals surface area contributed by atoms with Gasteiger partial charge in [-0.3, -0.25) is 9.10 Å². The Hall–Kier alpha value is -3.72. The summed E-state index contributed by atoms with van der Waals surface area (Å²) in [4.78, 5) is 13.0. The van der Waals surface area contributed by atoms with Crippen molar-refractivity contribution >= 4 is 50.5 Å². The summed E-state index contributed by atoms with van der Waals surface area (Å²) in [5, 5.41) is 3.15. The molecule has 1 N–H and O–H groups in total. The topological polar surface area (TPSA) is 84.9 Å². The van der Waals surface area contributed by atoms with Gasteiger partial charge >= 0.3 is 0 Å². The van der Waals surface area contributed by atoms with Crippen LogP contribution in [0.3, 0.4) is 0 Å². The van der Waals surface area contributed by atoms with Crippen molar-refractivity contribution in [2.75, 3.05) is 23.3 Å². The number of nitrogens with one attached hydrogen (secondary N) is 1. The van der Waals surface area contributed by atoms with Crippen LogP contribution in [0.1, 0.15) is 11.1 Å². The van der Waals surface area contributed by atoms with Gasteiger partial charge in [-0.15, -0.1) is 0 Å². The van der Waals surface area contributed by atoms with Crippen molar-refractivity contribution in [2.45, 2.75) is 18.4 Å². The molecule has 0 aliphatic rings. The van der Waals surface area contributed by atoms with Crippen molar-refractivity contribution in [3.63, 3.8) is 0 Å². The fraction of sp³-hybridized carbons (Fsp3) is 0.138. The molecule has 39 heavy (non-hydrogen) atoms. The van der Waals surface area contributed by atoms with Gasteiger partial charge in [-0.2, -0.15) is 0 Å². The molecular formula is C29H26Cl2N2O5S. The standard InChI is InChI=1S/C29H26Cl2N2O5S/c1-20-8-15-27(37-2)28(16-20)39(35,36)33(23-11-14-25(30)26(31)17-23)18-29(34)32-22-9-12-24(13-10-22)38-19-21-6-4-3-5-7-21/h3-17H,18-19H2,1-2H3,(H,32,34). The number of amides is 1. The van der Waals surface area contributed by atoms with E-state index in [0.29, 0.717) is 23.6 Å². The number of hydrogen-bond acceptors (Lipinski definition) is 5. The molecule has 0 radical (unpaired) electrons. The number of rotatable bonds is 10. The third-order valence-corrected chi connectivity index (χ3v) is 8.29. The first-order chi connectivity index (χ1) is 18.7. The third kappa shape index (κ3) is 7.03. The number of hydrogen-bond donors (Lipinski definition) is 1. The van der Waals surface area contributed by atoms with Crippen LogP contribution < -0.4 is 19.1 Å². The fourth-order valence-electron chi connectivity index (χ4n) is 3.77. The number of carbonyl (C=O) groups is 1. The van der Waals surface area contributed by atoms with Crippen LogP contribution in [0, 0.1) is 6.92 Å². The van der Waals surface area contributed by atoms with E-state index in [0.717, 1.165) is 9.87 Å².